The summed E-state index contributed by atoms with van der Waals surface area (Å²) in [5, 5.41) is 22.9. The van der Waals surface area contributed by atoms with E-state index in [1.54, 1.807) is 18.2 Å². The number of nitrogens with zero attached hydrogens (tertiary/aromatic N) is 2. The molecular weight excluding hydrogens is 260 g/mol. The highest BCUT2D eigenvalue weighted by Crippen LogP contribution is 2.25. The van der Waals surface area contributed by atoms with Gasteiger partial charge in [-0.25, -0.2) is 4.79 Å². The number of carbonyl (C=O) groups is 1. The van der Waals surface area contributed by atoms with E-state index in [-0.39, 0.29) is 24.1 Å². The van der Waals surface area contributed by atoms with Crippen LogP contribution in [0.4, 0.5) is 0 Å². The maximum absolute atomic E-state index is 11.1. The molecule has 6 heteroatoms. The Kier molecular flexibility index (Phi) is 3.93. The molecule has 0 atom stereocenters. The third kappa shape index (κ3) is 2.90. The monoisotopic (exact) mass is 276 g/mol. The zero-order chi connectivity index (χ0) is 14.7. The molecule has 0 fully saturated rings. The van der Waals surface area contributed by atoms with Gasteiger partial charge in [0.15, 0.2) is 11.5 Å². The van der Waals surface area contributed by atoms with Crippen molar-refractivity contribution in [2.75, 3.05) is 0 Å². The first kappa shape index (κ1) is 13.9. The number of hydrogen-bond donors (Lipinski definition) is 2. The van der Waals surface area contributed by atoms with Crippen LogP contribution in [-0.2, 0) is 6.61 Å². The van der Waals surface area contributed by atoms with Crippen LogP contribution < -0.4 is 4.74 Å². The first-order valence-corrected chi connectivity index (χ1v) is 6.21. The molecule has 2 N–H and O–H groups in total. The largest absolute Gasteiger partial charge is 0.504 e. The van der Waals surface area contributed by atoms with Crippen LogP contribution in [0.5, 0.6) is 11.5 Å². The standard InChI is InChI=1S/C14H16N2O4/c1-9(2)16-11(14(18)19)7-10(15-16)8-20-13-6-4-3-5-12(13)17/h3-7,9,17H,8H2,1-2H3,(H,18,19). The quantitative estimate of drug-likeness (QED) is 0.876. The molecule has 0 amide bonds. The number of rotatable bonds is 5. The Hall–Kier alpha value is -2.50. The van der Waals surface area contributed by atoms with Crippen LogP contribution in [0.1, 0.15) is 36.1 Å². The van der Waals surface area contributed by atoms with Crippen molar-refractivity contribution in [2.45, 2.75) is 26.5 Å². The normalized spacial score (nSPS) is 10.8. The predicted octanol–water partition coefficient (Wildman–Crippen LogP) is 2.45. The van der Waals surface area contributed by atoms with Gasteiger partial charge in [-0.1, -0.05) is 12.1 Å². The number of aromatic hydroxyl groups is 1. The fourth-order valence-electron chi connectivity index (χ4n) is 1.80. The second kappa shape index (κ2) is 5.64. The molecule has 0 radical (unpaired) electrons. The molecule has 106 valence electrons. The summed E-state index contributed by atoms with van der Waals surface area (Å²) in [4.78, 5) is 11.1. The number of aromatic carboxylic acids is 1. The molecule has 6 nitrogen and oxygen atoms in total. The topological polar surface area (TPSA) is 84.6 Å². The average Bonchev–Trinajstić information content (AvgIpc) is 2.82. The van der Waals surface area contributed by atoms with Crippen molar-refractivity contribution in [2.24, 2.45) is 0 Å². The smallest absolute Gasteiger partial charge is 0.354 e. The summed E-state index contributed by atoms with van der Waals surface area (Å²) in [7, 11) is 0. The molecule has 0 aliphatic rings. The molecule has 0 aliphatic carbocycles. The van der Waals surface area contributed by atoms with E-state index in [9.17, 15) is 9.90 Å². The molecule has 0 saturated carbocycles. The summed E-state index contributed by atoms with van der Waals surface area (Å²) >= 11 is 0. The Balaban J connectivity index is 2.16. The van der Waals surface area contributed by atoms with Gasteiger partial charge in [0, 0.05) is 6.04 Å². The van der Waals surface area contributed by atoms with Gasteiger partial charge in [-0.2, -0.15) is 5.10 Å². The van der Waals surface area contributed by atoms with Gasteiger partial charge in [0.05, 0.1) is 0 Å². The SMILES string of the molecule is CC(C)n1nc(COc2ccccc2O)cc1C(=O)O. The molecule has 20 heavy (non-hydrogen) atoms. The van der Waals surface area contributed by atoms with Crippen LogP contribution in [0.25, 0.3) is 0 Å². The van der Waals surface area contributed by atoms with Gasteiger partial charge in [0.2, 0.25) is 0 Å². The molecule has 1 aromatic heterocycles. The Morgan fingerprint density at radius 2 is 2.10 bits per heavy atom. The zero-order valence-corrected chi connectivity index (χ0v) is 11.3. The lowest BCUT2D eigenvalue weighted by atomic mass is 10.3. The van der Waals surface area contributed by atoms with E-state index in [0.717, 1.165) is 0 Å². The highest BCUT2D eigenvalue weighted by Gasteiger charge is 2.16. The summed E-state index contributed by atoms with van der Waals surface area (Å²) in [5.74, 6) is -0.655. The van der Waals surface area contributed by atoms with Crippen LogP contribution in [-0.4, -0.2) is 26.0 Å². The van der Waals surface area contributed by atoms with Crippen molar-refractivity contribution in [3.05, 3.63) is 41.7 Å². The van der Waals surface area contributed by atoms with Crippen molar-refractivity contribution in [1.29, 1.82) is 0 Å². The highest BCUT2D eigenvalue weighted by molar-refractivity contribution is 5.85. The molecule has 0 spiro atoms. The molecule has 0 aliphatic heterocycles. The fourth-order valence-corrected chi connectivity index (χ4v) is 1.80. The number of phenols is 1. The maximum Gasteiger partial charge on any atom is 0.354 e. The molecule has 1 heterocycles. The number of aromatic nitrogens is 2. The molecule has 0 saturated heterocycles. The van der Waals surface area contributed by atoms with Crippen molar-refractivity contribution < 1.29 is 19.7 Å². The maximum atomic E-state index is 11.1. The lowest BCUT2D eigenvalue weighted by Crippen LogP contribution is -2.12. The van der Waals surface area contributed by atoms with Crippen LogP contribution in [0.3, 0.4) is 0 Å². The van der Waals surface area contributed by atoms with E-state index in [2.05, 4.69) is 5.10 Å². The molecule has 1 aromatic carbocycles. The van der Waals surface area contributed by atoms with E-state index >= 15 is 0 Å². The second-order valence-corrected chi connectivity index (χ2v) is 4.62. The average molecular weight is 276 g/mol. The van der Waals surface area contributed by atoms with E-state index in [0.29, 0.717) is 11.4 Å². The summed E-state index contributed by atoms with van der Waals surface area (Å²) in [6.07, 6.45) is 0. The van der Waals surface area contributed by atoms with Crippen molar-refractivity contribution in [3.8, 4) is 11.5 Å². The van der Waals surface area contributed by atoms with Gasteiger partial charge >= 0.3 is 5.97 Å². The zero-order valence-electron chi connectivity index (χ0n) is 11.3. The number of carboxylic acids is 1. The minimum absolute atomic E-state index is 0.0363. The van der Waals surface area contributed by atoms with Gasteiger partial charge in [0.1, 0.15) is 18.0 Å². The molecule has 0 bridgehead atoms. The minimum atomic E-state index is -1.03. The third-order valence-electron chi connectivity index (χ3n) is 2.74. The van der Waals surface area contributed by atoms with Crippen molar-refractivity contribution in [1.82, 2.24) is 9.78 Å². The number of para-hydroxylation sites is 2. The van der Waals surface area contributed by atoms with Gasteiger partial charge in [-0.05, 0) is 32.0 Å². The lowest BCUT2D eigenvalue weighted by molar-refractivity contribution is 0.0681. The Labute approximate surface area is 116 Å². The number of ether oxygens (including phenoxy) is 1. The first-order valence-electron chi connectivity index (χ1n) is 6.21. The fraction of sp³-hybridized carbons (Fsp3) is 0.286. The van der Waals surface area contributed by atoms with Gasteiger partial charge in [-0.15, -0.1) is 0 Å². The van der Waals surface area contributed by atoms with E-state index in [1.807, 2.05) is 13.8 Å². The predicted molar refractivity (Wildman–Crippen MR) is 72.0 cm³/mol. The van der Waals surface area contributed by atoms with E-state index < -0.39 is 5.97 Å². The van der Waals surface area contributed by atoms with Crippen LogP contribution in [0.2, 0.25) is 0 Å². The van der Waals surface area contributed by atoms with Gasteiger partial charge in [0.25, 0.3) is 0 Å². The van der Waals surface area contributed by atoms with Crippen LogP contribution in [0.15, 0.2) is 30.3 Å². The van der Waals surface area contributed by atoms with Crippen molar-refractivity contribution >= 4 is 5.97 Å². The van der Waals surface area contributed by atoms with Crippen LogP contribution in [0, 0.1) is 0 Å². The number of phenolic OH excluding ortho intramolecular Hbond substituents is 1. The van der Waals surface area contributed by atoms with E-state index in [4.69, 9.17) is 9.84 Å². The van der Waals surface area contributed by atoms with Crippen LogP contribution >= 0.6 is 0 Å². The number of benzene rings is 1. The van der Waals surface area contributed by atoms with E-state index in [1.165, 1.54) is 16.8 Å². The summed E-state index contributed by atoms with van der Waals surface area (Å²) in [6, 6.07) is 8.00. The lowest BCUT2D eigenvalue weighted by Gasteiger charge is -2.08. The van der Waals surface area contributed by atoms with Gasteiger partial charge < -0.3 is 14.9 Å². The molecule has 2 aromatic rings. The number of hydrogen-bond acceptors (Lipinski definition) is 4. The minimum Gasteiger partial charge on any atom is -0.504 e. The third-order valence-corrected chi connectivity index (χ3v) is 2.74. The first-order chi connectivity index (χ1) is 9.49. The Bertz CT molecular complexity index is 619. The molecular formula is C14H16N2O4. The summed E-state index contributed by atoms with van der Waals surface area (Å²) < 4.78 is 6.87. The number of carboxylic acid groups (broad SMARTS) is 1. The van der Waals surface area contributed by atoms with Crippen molar-refractivity contribution in [3.63, 3.8) is 0 Å². The highest BCUT2D eigenvalue weighted by atomic mass is 16.5. The summed E-state index contributed by atoms with van der Waals surface area (Å²) in [5.41, 5.74) is 0.621. The molecule has 2 rings (SSSR count). The second-order valence-electron chi connectivity index (χ2n) is 4.62. The summed E-state index contributed by atoms with van der Waals surface area (Å²) in [6.45, 7) is 3.80. The Morgan fingerprint density at radius 3 is 2.65 bits per heavy atom. The Morgan fingerprint density at radius 1 is 1.40 bits per heavy atom. The molecule has 0 unspecified atom stereocenters. The van der Waals surface area contributed by atoms with Gasteiger partial charge in [-0.3, -0.25) is 4.68 Å².